The van der Waals surface area contributed by atoms with Crippen LogP contribution >= 0.6 is 0 Å². The number of terminal acetylenes is 1. The van der Waals surface area contributed by atoms with E-state index < -0.39 is 0 Å². The fourth-order valence-electron chi connectivity index (χ4n) is 0.361. The van der Waals surface area contributed by atoms with Crippen molar-refractivity contribution in [2.24, 2.45) is 11.7 Å². The molecule has 0 aliphatic rings. The second kappa shape index (κ2) is 3.09. The minimum absolute atomic E-state index is 0.0208. The van der Waals surface area contributed by atoms with E-state index in [9.17, 15) is 4.79 Å². The van der Waals surface area contributed by atoms with E-state index in [0.717, 1.165) is 0 Å². The highest BCUT2D eigenvalue weighted by atomic mass is 16.1. The maximum absolute atomic E-state index is 10.1. The number of hydrogen-bond donors (Lipinski definition) is 1. The van der Waals surface area contributed by atoms with E-state index in [4.69, 9.17) is 12.2 Å². The highest BCUT2D eigenvalue weighted by Gasteiger charge is 1.99. The van der Waals surface area contributed by atoms with Gasteiger partial charge in [0.25, 0.3) is 0 Å². The summed E-state index contributed by atoms with van der Waals surface area (Å²) in [7, 11) is 0. The van der Waals surface area contributed by atoms with Gasteiger partial charge in [-0.15, -0.1) is 12.3 Å². The van der Waals surface area contributed by atoms with Crippen LogP contribution in [-0.4, -0.2) is 5.91 Å². The van der Waals surface area contributed by atoms with Gasteiger partial charge in [0.05, 0.1) is 0 Å². The molecular formula is C6H9NO. The van der Waals surface area contributed by atoms with Crippen LogP contribution in [0.5, 0.6) is 0 Å². The minimum Gasteiger partial charge on any atom is -0.370 e. The lowest BCUT2D eigenvalue weighted by Gasteiger charge is -1.95. The van der Waals surface area contributed by atoms with Crippen molar-refractivity contribution in [1.82, 2.24) is 0 Å². The molecule has 0 aromatic carbocycles. The van der Waals surface area contributed by atoms with Crippen LogP contribution in [0.15, 0.2) is 0 Å². The Morgan fingerprint density at radius 1 is 2.00 bits per heavy atom. The van der Waals surface area contributed by atoms with Crippen molar-refractivity contribution in [3.63, 3.8) is 0 Å². The molecule has 0 heterocycles. The minimum atomic E-state index is -0.338. The quantitative estimate of drug-likeness (QED) is 0.506. The zero-order valence-corrected chi connectivity index (χ0v) is 4.85. The molecule has 0 aliphatic heterocycles. The van der Waals surface area contributed by atoms with Crippen molar-refractivity contribution in [3.8, 4) is 12.3 Å². The van der Waals surface area contributed by atoms with Gasteiger partial charge in [0, 0.05) is 12.3 Å². The summed E-state index contributed by atoms with van der Waals surface area (Å²) in [6.07, 6.45) is 5.25. The summed E-state index contributed by atoms with van der Waals surface area (Å²) < 4.78 is 0. The van der Waals surface area contributed by atoms with Crippen molar-refractivity contribution in [2.45, 2.75) is 13.3 Å². The molecule has 2 heteroatoms. The molecule has 0 saturated carbocycles. The van der Waals surface area contributed by atoms with Crippen LogP contribution in [0.1, 0.15) is 13.3 Å². The molecule has 2 nitrogen and oxygen atoms in total. The van der Waals surface area contributed by atoms with Gasteiger partial charge in [0.15, 0.2) is 0 Å². The van der Waals surface area contributed by atoms with Gasteiger partial charge in [0.1, 0.15) is 0 Å². The van der Waals surface area contributed by atoms with Crippen molar-refractivity contribution in [2.75, 3.05) is 0 Å². The molecule has 0 spiro atoms. The first-order valence-corrected chi connectivity index (χ1v) is 2.41. The van der Waals surface area contributed by atoms with Crippen molar-refractivity contribution >= 4 is 5.91 Å². The smallest absolute Gasteiger partial charge is 0.218 e. The molecule has 2 N–H and O–H groups in total. The van der Waals surface area contributed by atoms with Gasteiger partial charge in [-0.25, -0.2) is 0 Å². The molecule has 0 saturated heterocycles. The van der Waals surface area contributed by atoms with Crippen LogP contribution < -0.4 is 5.73 Å². The summed E-state index contributed by atoms with van der Waals surface area (Å²) in [5, 5.41) is 0. The largest absolute Gasteiger partial charge is 0.370 e. The zero-order chi connectivity index (χ0) is 6.57. The Labute approximate surface area is 49.1 Å². The lowest BCUT2D eigenvalue weighted by molar-refractivity contribution is -0.118. The molecule has 0 aromatic rings. The Morgan fingerprint density at radius 2 is 2.50 bits per heavy atom. The van der Waals surface area contributed by atoms with E-state index >= 15 is 0 Å². The van der Waals surface area contributed by atoms with Gasteiger partial charge in [0.2, 0.25) is 5.91 Å². The lowest BCUT2D eigenvalue weighted by Crippen LogP contribution is -2.13. The van der Waals surface area contributed by atoms with Gasteiger partial charge >= 0.3 is 0 Å². The van der Waals surface area contributed by atoms with E-state index in [1.807, 2.05) is 0 Å². The van der Waals surface area contributed by atoms with Gasteiger partial charge in [-0.1, -0.05) is 6.92 Å². The molecule has 1 atom stereocenters. The van der Waals surface area contributed by atoms with Crippen LogP contribution in [0.3, 0.4) is 0 Å². The third-order valence-electron chi connectivity index (χ3n) is 0.792. The lowest BCUT2D eigenvalue weighted by atomic mass is 10.1. The van der Waals surface area contributed by atoms with Gasteiger partial charge < -0.3 is 5.73 Å². The Balaban J connectivity index is 3.43. The highest BCUT2D eigenvalue weighted by Crippen LogP contribution is 1.95. The first-order valence-electron chi connectivity index (χ1n) is 2.41. The van der Waals surface area contributed by atoms with Crippen LogP contribution in [0.2, 0.25) is 0 Å². The molecule has 0 rings (SSSR count). The predicted molar refractivity (Wildman–Crippen MR) is 31.8 cm³/mol. The van der Waals surface area contributed by atoms with Gasteiger partial charge in [-0.3, -0.25) is 4.79 Å². The van der Waals surface area contributed by atoms with E-state index in [1.165, 1.54) is 0 Å². The van der Waals surface area contributed by atoms with E-state index in [0.29, 0.717) is 0 Å². The number of rotatable bonds is 2. The summed E-state index contributed by atoms with van der Waals surface area (Å²) in [5.74, 6) is 2.04. The summed E-state index contributed by atoms with van der Waals surface area (Å²) in [4.78, 5) is 10.1. The predicted octanol–water partition coefficient (Wildman–Crippen LogP) is 0.131. The van der Waals surface area contributed by atoms with Gasteiger partial charge in [-0.2, -0.15) is 0 Å². The first-order chi connectivity index (χ1) is 3.66. The molecule has 0 aliphatic carbocycles. The summed E-state index contributed by atoms with van der Waals surface area (Å²) >= 11 is 0. The van der Waals surface area contributed by atoms with Crippen LogP contribution in [0, 0.1) is 18.3 Å². The van der Waals surface area contributed by atoms with Crippen molar-refractivity contribution in [1.29, 1.82) is 0 Å². The number of carbonyl (C=O) groups excluding carboxylic acids is 1. The molecule has 1 amide bonds. The number of hydrogen-bond acceptors (Lipinski definition) is 1. The van der Waals surface area contributed by atoms with Crippen LogP contribution in [0.25, 0.3) is 0 Å². The zero-order valence-electron chi connectivity index (χ0n) is 4.85. The van der Waals surface area contributed by atoms with Crippen LogP contribution in [0.4, 0.5) is 0 Å². The SMILES string of the molecule is C#CC(C)CC(N)=O. The molecular weight excluding hydrogens is 102 g/mol. The second-order valence-electron chi connectivity index (χ2n) is 1.74. The number of amides is 1. The number of nitrogens with two attached hydrogens (primary N) is 1. The van der Waals surface area contributed by atoms with E-state index in [2.05, 4.69) is 5.92 Å². The fraction of sp³-hybridized carbons (Fsp3) is 0.500. The second-order valence-corrected chi connectivity index (χ2v) is 1.74. The highest BCUT2D eigenvalue weighted by molar-refractivity contribution is 5.74. The first kappa shape index (κ1) is 7.03. The molecule has 8 heavy (non-hydrogen) atoms. The standard InChI is InChI=1S/C6H9NO/c1-3-5(2)4-6(7)8/h1,5H,4H2,2H3,(H2,7,8). The number of carbonyl (C=O) groups is 1. The summed E-state index contributed by atoms with van der Waals surface area (Å²) in [6.45, 7) is 1.78. The maximum atomic E-state index is 10.1. The normalized spacial score (nSPS) is 12.0. The van der Waals surface area contributed by atoms with Crippen LogP contribution in [-0.2, 0) is 4.79 Å². The third-order valence-corrected chi connectivity index (χ3v) is 0.792. The molecule has 0 radical (unpaired) electrons. The molecule has 0 aromatic heterocycles. The fourth-order valence-corrected chi connectivity index (χ4v) is 0.361. The molecule has 1 unspecified atom stereocenters. The maximum Gasteiger partial charge on any atom is 0.218 e. The summed E-state index contributed by atoms with van der Waals surface area (Å²) in [5.41, 5.74) is 4.83. The molecule has 44 valence electrons. The number of primary amides is 1. The van der Waals surface area contributed by atoms with Gasteiger partial charge in [-0.05, 0) is 0 Å². The Bertz CT molecular complexity index is 123. The van der Waals surface area contributed by atoms with E-state index in [1.54, 1.807) is 6.92 Å². The molecule has 0 bridgehead atoms. The van der Waals surface area contributed by atoms with E-state index in [-0.39, 0.29) is 18.2 Å². The average molecular weight is 111 g/mol. The summed E-state index contributed by atoms with van der Waals surface area (Å²) in [6, 6.07) is 0. The molecule has 0 fully saturated rings. The monoisotopic (exact) mass is 111 g/mol. The Kier molecular flexibility index (Phi) is 2.71. The Morgan fingerprint density at radius 3 is 2.62 bits per heavy atom. The third kappa shape index (κ3) is 3.23. The Hall–Kier alpha value is -0.970. The topological polar surface area (TPSA) is 43.1 Å². The van der Waals surface area contributed by atoms with Crippen molar-refractivity contribution < 1.29 is 4.79 Å². The average Bonchev–Trinajstić information content (AvgIpc) is 1.65. The van der Waals surface area contributed by atoms with Crippen molar-refractivity contribution in [3.05, 3.63) is 0 Å².